The first kappa shape index (κ1) is 18.6. The molecule has 7 heteroatoms. The zero-order chi connectivity index (χ0) is 20.3. The van der Waals surface area contributed by atoms with Crippen LogP contribution in [0.4, 0.5) is 0 Å². The number of rotatable bonds is 6. The Kier molecular flexibility index (Phi) is 5.03. The molecule has 0 bridgehead atoms. The SMILES string of the molecule is S=C1N[C@H](c2ccccn2)[C@H](c2cccn2Cc2ccco2)N1Cc1cccnc1. The summed E-state index contributed by atoms with van der Waals surface area (Å²) in [5.74, 6) is 0.911. The Hall–Kier alpha value is -3.45. The van der Waals surface area contributed by atoms with Crippen molar-refractivity contribution in [2.45, 2.75) is 25.2 Å². The van der Waals surface area contributed by atoms with E-state index < -0.39 is 0 Å². The largest absolute Gasteiger partial charge is 0.467 e. The van der Waals surface area contributed by atoms with Crippen LogP contribution in [0.5, 0.6) is 0 Å². The third kappa shape index (κ3) is 3.59. The van der Waals surface area contributed by atoms with Gasteiger partial charge in [-0.15, -0.1) is 0 Å². The number of hydrogen-bond donors (Lipinski definition) is 1. The number of nitrogens with zero attached hydrogens (tertiary/aromatic N) is 4. The standard InChI is InChI=1S/C23H21N5OS/c30-23-26-21(19-8-1-2-11-25-19)22(28(23)15-17-6-3-10-24-14-17)20-9-4-12-27(20)16-18-7-5-13-29-18/h1-14,21-22H,15-16H2,(H,26,30)/t21-,22+/m1/s1. The maximum absolute atomic E-state index is 5.77. The molecule has 0 amide bonds. The van der Waals surface area contributed by atoms with Crippen molar-refractivity contribution in [1.29, 1.82) is 0 Å². The molecule has 1 saturated heterocycles. The van der Waals surface area contributed by atoms with Crippen LogP contribution in [0.15, 0.2) is 90.1 Å². The summed E-state index contributed by atoms with van der Waals surface area (Å²) in [6.45, 7) is 1.33. The highest BCUT2D eigenvalue weighted by atomic mass is 32.1. The van der Waals surface area contributed by atoms with Crippen LogP contribution in [-0.2, 0) is 13.1 Å². The Balaban J connectivity index is 1.54. The molecule has 0 aliphatic carbocycles. The zero-order valence-electron chi connectivity index (χ0n) is 16.3. The van der Waals surface area contributed by atoms with E-state index in [9.17, 15) is 0 Å². The summed E-state index contributed by atoms with van der Waals surface area (Å²) < 4.78 is 7.80. The molecule has 1 fully saturated rings. The van der Waals surface area contributed by atoms with E-state index in [1.165, 1.54) is 0 Å². The maximum Gasteiger partial charge on any atom is 0.170 e. The first-order valence-corrected chi connectivity index (χ1v) is 10.2. The average Bonchev–Trinajstić information content (AvgIpc) is 3.52. The van der Waals surface area contributed by atoms with Gasteiger partial charge in [-0.05, 0) is 60.2 Å². The van der Waals surface area contributed by atoms with Crippen molar-refractivity contribution in [3.63, 3.8) is 0 Å². The smallest absolute Gasteiger partial charge is 0.170 e. The molecule has 30 heavy (non-hydrogen) atoms. The highest BCUT2D eigenvalue weighted by Crippen LogP contribution is 2.39. The zero-order valence-corrected chi connectivity index (χ0v) is 17.1. The van der Waals surface area contributed by atoms with E-state index in [0.717, 1.165) is 22.7 Å². The normalized spacial score (nSPS) is 18.5. The highest BCUT2D eigenvalue weighted by Gasteiger charge is 2.41. The fraction of sp³-hybridized carbons (Fsp3) is 0.174. The van der Waals surface area contributed by atoms with Crippen LogP contribution in [0, 0.1) is 0 Å². The predicted octanol–water partition coefficient (Wildman–Crippen LogP) is 4.09. The Morgan fingerprint density at radius 2 is 1.97 bits per heavy atom. The average molecular weight is 416 g/mol. The van der Waals surface area contributed by atoms with Crippen molar-refractivity contribution in [2.24, 2.45) is 0 Å². The summed E-state index contributed by atoms with van der Waals surface area (Å²) in [5.41, 5.74) is 3.22. The van der Waals surface area contributed by atoms with Crippen molar-refractivity contribution in [1.82, 2.24) is 24.8 Å². The second-order valence-corrected chi connectivity index (χ2v) is 7.64. The van der Waals surface area contributed by atoms with Gasteiger partial charge >= 0.3 is 0 Å². The minimum absolute atomic E-state index is 0.0161. The molecule has 0 spiro atoms. The van der Waals surface area contributed by atoms with Crippen LogP contribution in [0.2, 0.25) is 0 Å². The van der Waals surface area contributed by atoms with Crippen molar-refractivity contribution in [2.75, 3.05) is 0 Å². The maximum atomic E-state index is 5.77. The number of hydrogen-bond acceptors (Lipinski definition) is 4. The quantitative estimate of drug-likeness (QED) is 0.479. The summed E-state index contributed by atoms with van der Waals surface area (Å²) >= 11 is 5.77. The minimum atomic E-state index is -0.0550. The number of thiocarbonyl (C=S) groups is 1. The second-order valence-electron chi connectivity index (χ2n) is 7.26. The third-order valence-corrected chi connectivity index (χ3v) is 5.70. The Morgan fingerprint density at radius 1 is 1.00 bits per heavy atom. The lowest BCUT2D eigenvalue weighted by Crippen LogP contribution is -2.30. The fourth-order valence-corrected chi connectivity index (χ4v) is 4.30. The van der Waals surface area contributed by atoms with E-state index in [2.05, 4.69) is 49.1 Å². The molecule has 6 nitrogen and oxygen atoms in total. The van der Waals surface area contributed by atoms with Crippen LogP contribution < -0.4 is 5.32 Å². The molecule has 5 rings (SSSR count). The van der Waals surface area contributed by atoms with Crippen LogP contribution >= 0.6 is 12.2 Å². The van der Waals surface area contributed by atoms with Crippen LogP contribution in [0.3, 0.4) is 0 Å². The first-order valence-electron chi connectivity index (χ1n) is 9.84. The molecular formula is C23H21N5OS. The molecule has 4 aromatic rings. The van der Waals surface area contributed by atoms with Gasteiger partial charge in [0.2, 0.25) is 0 Å². The van der Waals surface area contributed by atoms with Gasteiger partial charge in [0.25, 0.3) is 0 Å². The number of nitrogens with one attached hydrogen (secondary N) is 1. The van der Waals surface area contributed by atoms with Crippen LogP contribution in [0.25, 0.3) is 0 Å². The number of aromatic nitrogens is 3. The molecule has 1 aliphatic rings. The molecule has 0 saturated carbocycles. The van der Waals surface area contributed by atoms with Gasteiger partial charge in [0.15, 0.2) is 5.11 Å². The Morgan fingerprint density at radius 3 is 2.73 bits per heavy atom. The van der Waals surface area contributed by atoms with Crippen molar-refractivity contribution >= 4 is 17.3 Å². The minimum Gasteiger partial charge on any atom is -0.467 e. The summed E-state index contributed by atoms with van der Waals surface area (Å²) in [4.78, 5) is 11.1. The summed E-state index contributed by atoms with van der Waals surface area (Å²) in [6.07, 6.45) is 9.28. The molecule has 1 aliphatic heterocycles. The van der Waals surface area contributed by atoms with E-state index in [1.807, 2.05) is 48.8 Å². The molecule has 5 heterocycles. The lowest BCUT2D eigenvalue weighted by atomic mass is 10.0. The summed E-state index contributed by atoms with van der Waals surface area (Å²) in [7, 11) is 0. The van der Waals surface area contributed by atoms with E-state index in [4.69, 9.17) is 16.6 Å². The Labute approximate surface area is 180 Å². The molecule has 2 atom stereocenters. The van der Waals surface area contributed by atoms with E-state index in [-0.39, 0.29) is 12.1 Å². The van der Waals surface area contributed by atoms with Gasteiger partial charge in [0.05, 0.1) is 30.6 Å². The lowest BCUT2D eigenvalue weighted by Gasteiger charge is -2.28. The molecule has 150 valence electrons. The molecule has 1 N–H and O–H groups in total. The van der Waals surface area contributed by atoms with Gasteiger partial charge < -0.3 is 19.2 Å². The second kappa shape index (κ2) is 8.12. The van der Waals surface area contributed by atoms with Gasteiger partial charge in [-0.2, -0.15) is 0 Å². The van der Waals surface area contributed by atoms with Gasteiger partial charge in [-0.3, -0.25) is 9.97 Å². The van der Waals surface area contributed by atoms with Crippen LogP contribution in [0.1, 0.15) is 34.8 Å². The summed E-state index contributed by atoms with van der Waals surface area (Å²) in [5, 5.41) is 4.22. The van der Waals surface area contributed by atoms with Gasteiger partial charge in [-0.1, -0.05) is 12.1 Å². The summed E-state index contributed by atoms with van der Waals surface area (Å²) in [6, 6.07) is 18.1. The van der Waals surface area contributed by atoms with Crippen molar-refractivity contribution in [3.8, 4) is 0 Å². The monoisotopic (exact) mass is 415 g/mol. The molecule has 0 aromatic carbocycles. The number of furan rings is 1. The van der Waals surface area contributed by atoms with Crippen molar-refractivity contribution < 1.29 is 4.42 Å². The van der Waals surface area contributed by atoms with Crippen molar-refractivity contribution in [3.05, 3.63) is 108 Å². The first-order chi connectivity index (χ1) is 14.8. The molecular weight excluding hydrogens is 394 g/mol. The third-order valence-electron chi connectivity index (χ3n) is 5.35. The predicted molar refractivity (Wildman–Crippen MR) is 117 cm³/mol. The Bertz CT molecular complexity index is 1110. The van der Waals surface area contributed by atoms with Gasteiger partial charge in [0, 0.05) is 37.0 Å². The number of pyridine rings is 2. The highest BCUT2D eigenvalue weighted by molar-refractivity contribution is 7.80. The van der Waals surface area contributed by atoms with E-state index in [1.54, 1.807) is 12.5 Å². The van der Waals surface area contributed by atoms with Gasteiger partial charge in [0.1, 0.15) is 5.76 Å². The topological polar surface area (TPSA) is 59.1 Å². The van der Waals surface area contributed by atoms with E-state index >= 15 is 0 Å². The molecule has 0 unspecified atom stereocenters. The molecule has 4 aromatic heterocycles. The van der Waals surface area contributed by atoms with Gasteiger partial charge in [-0.25, -0.2) is 0 Å². The van der Waals surface area contributed by atoms with Crippen LogP contribution in [-0.4, -0.2) is 24.5 Å². The molecule has 0 radical (unpaired) electrons. The van der Waals surface area contributed by atoms with E-state index in [0.29, 0.717) is 18.2 Å². The fourth-order valence-electron chi connectivity index (χ4n) is 4.00. The lowest BCUT2D eigenvalue weighted by molar-refractivity contribution is 0.296.